The number of aromatic amines is 1. The summed E-state index contributed by atoms with van der Waals surface area (Å²) in [5.74, 6) is -0.181. The predicted octanol–water partition coefficient (Wildman–Crippen LogP) is 2.95. The van der Waals surface area contributed by atoms with E-state index >= 15 is 0 Å². The lowest BCUT2D eigenvalue weighted by Crippen LogP contribution is -2.23. The molecule has 1 amide bonds. The lowest BCUT2D eigenvalue weighted by atomic mass is 10.1. The number of amides is 1. The normalized spacial score (nSPS) is 10.9. The Morgan fingerprint density at radius 3 is 2.87 bits per heavy atom. The van der Waals surface area contributed by atoms with Crippen LogP contribution in [0.25, 0.3) is 10.9 Å². The summed E-state index contributed by atoms with van der Waals surface area (Å²) in [6.07, 6.45) is 0. The second-order valence-electron chi connectivity index (χ2n) is 5.56. The number of carbonyl (C=O) groups excluding carboxylic acids is 1. The van der Waals surface area contributed by atoms with Gasteiger partial charge in [0.1, 0.15) is 0 Å². The molecule has 2 aromatic carbocycles. The second kappa shape index (κ2) is 6.62. The molecule has 0 radical (unpaired) electrons. The monoisotopic (exact) mass is 309 g/mol. The van der Waals surface area contributed by atoms with Gasteiger partial charge in [0.15, 0.2) is 5.69 Å². The first-order chi connectivity index (χ1) is 11.2. The van der Waals surface area contributed by atoms with E-state index in [0.717, 1.165) is 27.6 Å². The molecule has 0 aliphatic rings. The van der Waals surface area contributed by atoms with Crippen LogP contribution >= 0.6 is 0 Å². The first kappa shape index (κ1) is 15.2. The van der Waals surface area contributed by atoms with Crippen molar-refractivity contribution in [2.24, 2.45) is 0 Å². The lowest BCUT2D eigenvalue weighted by Gasteiger charge is -2.06. The number of H-pyrrole nitrogens is 1. The molecule has 0 saturated heterocycles. The van der Waals surface area contributed by atoms with E-state index < -0.39 is 0 Å². The fraction of sp³-hybridized carbons (Fsp3) is 0.222. The van der Waals surface area contributed by atoms with Crippen molar-refractivity contribution in [2.45, 2.75) is 20.1 Å². The van der Waals surface area contributed by atoms with E-state index in [2.05, 4.69) is 15.5 Å². The van der Waals surface area contributed by atoms with Crippen molar-refractivity contribution in [3.05, 3.63) is 64.8 Å². The number of nitrogens with one attached hydrogen (secondary N) is 2. The fourth-order valence-corrected chi connectivity index (χ4v) is 2.56. The summed E-state index contributed by atoms with van der Waals surface area (Å²) in [5, 5.41) is 10.8. The Kier molecular flexibility index (Phi) is 4.39. The highest BCUT2D eigenvalue weighted by Gasteiger charge is 2.13. The van der Waals surface area contributed by atoms with E-state index in [1.807, 2.05) is 49.4 Å². The van der Waals surface area contributed by atoms with Crippen LogP contribution < -0.4 is 5.32 Å². The number of methoxy groups -OCH3 is 1. The minimum Gasteiger partial charge on any atom is -0.380 e. The molecule has 3 rings (SSSR count). The van der Waals surface area contributed by atoms with Gasteiger partial charge in [-0.1, -0.05) is 35.9 Å². The first-order valence-electron chi connectivity index (χ1n) is 7.47. The van der Waals surface area contributed by atoms with Crippen LogP contribution in [-0.2, 0) is 17.9 Å². The number of aromatic nitrogens is 2. The molecule has 0 aliphatic carbocycles. The quantitative estimate of drug-likeness (QED) is 0.761. The van der Waals surface area contributed by atoms with Crippen molar-refractivity contribution in [1.82, 2.24) is 15.5 Å². The van der Waals surface area contributed by atoms with Crippen LogP contribution in [0, 0.1) is 6.92 Å². The number of hydrogen-bond acceptors (Lipinski definition) is 3. The van der Waals surface area contributed by atoms with E-state index in [-0.39, 0.29) is 5.91 Å². The summed E-state index contributed by atoms with van der Waals surface area (Å²) in [6, 6.07) is 13.9. The zero-order chi connectivity index (χ0) is 16.2. The van der Waals surface area contributed by atoms with Gasteiger partial charge in [0.05, 0.1) is 12.1 Å². The van der Waals surface area contributed by atoms with E-state index in [9.17, 15) is 4.79 Å². The lowest BCUT2D eigenvalue weighted by molar-refractivity contribution is 0.0947. The van der Waals surface area contributed by atoms with Crippen molar-refractivity contribution in [3.8, 4) is 0 Å². The Morgan fingerprint density at radius 2 is 2.04 bits per heavy atom. The highest BCUT2D eigenvalue weighted by atomic mass is 16.5. The van der Waals surface area contributed by atoms with Gasteiger partial charge in [0.25, 0.3) is 5.91 Å². The Balaban J connectivity index is 1.73. The number of nitrogens with zero attached hydrogens (tertiary/aromatic N) is 1. The minimum atomic E-state index is -0.181. The van der Waals surface area contributed by atoms with Crippen LogP contribution in [-0.4, -0.2) is 23.2 Å². The number of hydrogen-bond donors (Lipinski definition) is 2. The van der Waals surface area contributed by atoms with Gasteiger partial charge in [-0.05, 0) is 30.2 Å². The summed E-state index contributed by atoms with van der Waals surface area (Å²) < 4.78 is 5.13. The number of carbonyl (C=O) groups is 1. The molecular formula is C18H19N3O2. The Labute approximate surface area is 134 Å². The average Bonchev–Trinajstić information content (AvgIpc) is 2.96. The van der Waals surface area contributed by atoms with E-state index in [1.54, 1.807) is 7.11 Å². The first-order valence-corrected chi connectivity index (χ1v) is 7.47. The molecule has 0 atom stereocenters. The van der Waals surface area contributed by atoms with Gasteiger partial charge in [-0.15, -0.1) is 0 Å². The van der Waals surface area contributed by atoms with Gasteiger partial charge in [0.2, 0.25) is 0 Å². The van der Waals surface area contributed by atoms with Crippen LogP contribution in [0.4, 0.5) is 0 Å². The molecule has 3 aromatic rings. The molecule has 2 N–H and O–H groups in total. The molecule has 0 bridgehead atoms. The smallest absolute Gasteiger partial charge is 0.272 e. The Bertz CT molecular complexity index is 839. The molecule has 5 heteroatoms. The van der Waals surface area contributed by atoms with E-state index in [1.165, 1.54) is 0 Å². The van der Waals surface area contributed by atoms with Crippen LogP contribution in [0.15, 0.2) is 42.5 Å². The van der Waals surface area contributed by atoms with Crippen LogP contribution in [0.1, 0.15) is 27.2 Å². The number of fused-ring (bicyclic) bond motifs is 1. The van der Waals surface area contributed by atoms with Crippen molar-refractivity contribution in [2.75, 3.05) is 7.11 Å². The third-order valence-electron chi connectivity index (χ3n) is 3.69. The van der Waals surface area contributed by atoms with Crippen molar-refractivity contribution >= 4 is 16.8 Å². The van der Waals surface area contributed by atoms with Gasteiger partial charge in [-0.25, -0.2) is 0 Å². The predicted molar refractivity (Wildman–Crippen MR) is 89.2 cm³/mol. The van der Waals surface area contributed by atoms with Gasteiger partial charge >= 0.3 is 0 Å². The van der Waals surface area contributed by atoms with Gasteiger partial charge in [-0.3, -0.25) is 9.89 Å². The van der Waals surface area contributed by atoms with Crippen molar-refractivity contribution < 1.29 is 9.53 Å². The Hall–Kier alpha value is -2.66. The van der Waals surface area contributed by atoms with Gasteiger partial charge in [0, 0.05) is 19.0 Å². The van der Waals surface area contributed by atoms with Gasteiger partial charge in [-0.2, -0.15) is 5.10 Å². The van der Waals surface area contributed by atoms with Crippen molar-refractivity contribution in [1.29, 1.82) is 0 Å². The zero-order valence-corrected chi connectivity index (χ0v) is 13.2. The molecule has 1 aromatic heterocycles. The van der Waals surface area contributed by atoms with E-state index in [0.29, 0.717) is 18.8 Å². The molecule has 1 heterocycles. The number of ether oxygens (including phenoxy) is 1. The third-order valence-corrected chi connectivity index (χ3v) is 3.69. The molecule has 0 spiro atoms. The summed E-state index contributed by atoms with van der Waals surface area (Å²) >= 11 is 0. The number of benzene rings is 2. The standard InChI is InChI=1S/C18H19N3O2/c1-12-6-7-16-15(8-12)17(21-20-16)18(22)19-10-13-4-3-5-14(9-13)11-23-2/h3-9H,10-11H2,1-2H3,(H,19,22)(H,20,21). The molecule has 0 saturated carbocycles. The zero-order valence-electron chi connectivity index (χ0n) is 13.2. The molecule has 23 heavy (non-hydrogen) atoms. The SMILES string of the molecule is COCc1cccc(CNC(=O)c2n[nH]c3ccc(C)cc23)c1. The van der Waals surface area contributed by atoms with Crippen LogP contribution in [0.2, 0.25) is 0 Å². The van der Waals surface area contributed by atoms with Crippen LogP contribution in [0.5, 0.6) is 0 Å². The number of rotatable bonds is 5. The molecule has 5 nitrogen and oxygen atoms in total. The van der Waals surface area contributed by atoms with Crippen molar-refractivity contribution in [3.63, 3.8) is 0 Å². The van der Waals surface area contributed by atoms with Crippen LogP contribution in [0.3, 0.4) is 0 Å². The largest absolute Gasteiger partial charge is 0.380 e. The fourth-order valence-electron chi connectivity index (χ4n) is 2.56. The highest BCUT2D eigenvalue weighted by molar-refractivity contribution is 6.04. The molecule has 0 fully saturated rings. The maximum atomic E-state index is 12.4. The highest BCUT2D eigenvalue weighted by Crippen LogP contribution is 2.17. The molecule has 0 unspecified atom stereocenters. The summed E-state index contributed by atoms with van der Waals surface area (Å²) in [5.41, 5.74) is 4.50. The third kappa shape index (κ3) is 3.40. The minimum absolute atomic E-state index is 0.181. The second-order valence-corrected chi connectivity index (χ2v) is 5.56. The summed E-state index contributed by atoms with van der Waals surface area (Å²) in [6.45, 7) is 3.01. The number of aryl methyl sites for hydroxylation is 1. The summed E-state index contributed by atoms with van der Waals surface area (Å²) in [4.78, 5) is 12.4. The van der Waals surface area contributed by atoms with Gasteiger partial charge < -0.3 is 10.1 Å². The maximum absolute atomic E-state index is 12.4. The maximum Gasteiger partial charge on any atom is 0.272 e. The molecule has 0 aliphatic heterocycles. The summed E-state index contributed by atoms with van der Waals surface area (Å²) in [7, 11) is 1.67. The molecule has 118 valence electrons. The Morgan fingerprint density at radius 1 is 1.22 bits per heavy atom. The average molecular weight is 309 g/mol. The molecular weight excluding hydrogens is 290 g/mol. The topological polar surface area (TPSA) is 67.0 Å². The van der Waals surface area contributed by atoms with E-state index in [4.69, 9.17) is 4.74 Å².